The van der Waals surface area contributed by atoms with Gasteiger partial charge >= 0.3 is 8.80 Å². The van der Waals surface area contributed by atoms with Gasteiger partial charge in [0.2, 0.25) is 0 Å². The zero-order chi connectivity index (χ0) is 15.8. The van der Waals surface area contributed by atoms with Gasteiger partial charge in [-0.05, 0) is 25.6 Å². The molecule has 0 spiro atoms. The molecule has 1 aliphatic rings. The molecule has 1 rings (SSSR count). The Kier molecular flexibility index (Phi) is 7.57. The third kappa shape index (κ3) is 4.91. The first kappa shape index (κ1) is 18.3. The third-order valence-corrected chi connectivity index (χ3v) is 6.61. The first-order valence-corrected chi connectivity index (χ1v) is 9.07. The van der Waals surface area contributed by atoms with Crippen molar-refractivity contribution in [3.8, 4) is 0 Å². The maximum atomic E-state index is 6.06. The Morgan fingerprint density at radius 2 is 1.86 bits per heavy atom. The van der Waals surface area contributed by atoms with Crippen LogP contribution in [0.25, 0.3) is 0 Å². The van der Waals surface area contributed by atoms with E-state index in [4.69, 9.17) is 18.0 Å². The van der Waals surface area contributed by atoms with Crippen LogP contribution in [0.5, 0.6) is 0 Å². The number of likely N-dealkylation sites (N-methyl/N-ethyl adjacent to an activating group) is 1. The molecule has 0 amide bonds. The Bertz CT molecular complexity index is 364. The Morgan fingerprint density at radius 1 is 1.19 bits per heavy atom. The van der Waals surface area contributed by atoms with Crippen molar-refractivity contribution in [2.45, 2.75) is 24.6 Å². The molecule has 0 aromatic carbocycles. The van der Waals surface area contributed by atoms with Gasteiger partial charge in [-0.2, -0.15) is 0 Å². The molecule has 0 aromatic rings. The standard InChI is InChI=1S/C14H28N2O4Si/c1-15-13-8-6-9-14(12-13,16-2)20-10-7-11-21(17-3,18-4)19-5/h6,8-9,15-16H,7,10-12H2,1-5H3. The normalized spacial score (nSPS) is 22.2. The van der Waals surface area contributed by atoms with Crippen LogP contribution >= 0.6 is 0 Å². The number of nitrogens with one attached hydrogen (secondary N) is 2. The molecule has 0 heterocycles. The average Bonchev–Trinajstić information content (AvgIpc) is 2.56. The van der Waals surface area contributed by atoms with Gasteiger partial charge in [-0.25, -0.2) is 0 Å². The highest BCUT2D eigenvalue weighted by atomic mass is 28.4. The number of hydrogen-bond acceptors (Lipinski definition) is 6. The van der Waals surface area contributed by atoms with Gasteiger partial charge in [0, 0.05) is 53.1 Å². The van der Waals surface area contributed by atoms with Gasteiger partial charge in [-0.1, -0.05) is 6.08 Å². The number of rotatable bonds is 10. The molecular weight excluding hydrogens is 288 g/mol. The van der Waals surface area contributed by atoms with Crippen molar-refractivity contribution in [2.75, 3.05) is 42.0 Å². The molecule has 21 heavy (non-hydrogen) atoms. The van der Waals surface area contributed by atoms with Crippen molar-refractivity contribution in [1.29, 1.82) is 0 Å². The van der Waals surface area contributed by atoms with Crippen LogP contribution in [0.1, 0.15) is 12.8 Å². The number of hydrogen-bond donors (Lipinski definition) is 2. The SMILES string of the molecule is CNC1=CC=CC(NC)(OCCC[Si](OC)(OC)OC)C1. The van der Waals surface area contributed by atoms with E-state index in [2.05, 4.69) is 16.7 Å². The fraction of sp³-hybridized carbons (Fsp3) is 0.714. The molecule has 0 radical (unpaired) electrons. The molecule has 1 atom stereocenters. The largest absolute Gasteiger partial charge is 0.500 e. The van der Waals surface area contributed by atoms with Crippen molar-refractivity contribution in [3.63, 3.8) is 0 Å². The van der Waals surface area contributed by atoms with Gasteiger partial charge in [0.1, 0.15) is 5.72 Å². The Balaban J connectivity index is 2.47. The molecule has 1 unspecified atom stereocenters. The van der Waals surface area contributed by atoms with Gasteiger partial charge in [0.05, 0.1) is 0 Å². The van der Waals surface area contributed by atoms with E-state index in [9.17, 15) is 0 Å². The first-order valence-electron chi connectivity index (χ1n) is 7.13. The predicted molar refractivity (Wildman–Crippen MR) is 84.8 cm³/mol. The van der Waals surface area contributed by atoms with Gasteiger partial charge in [0.25, 0.3) is 0 Å². The van der Waals surface area contributed by atoms with Gasteiger partial charge in [0.15, 0.2) is 0 Å². The highest BCUT2D eigenvalue weighted by Gasteiger charge is 2.37. The maximum absolute atomic E-state index is 6.06. The van der Waals surface area contributed by atoms with Crippen LogP contribution in [0.4, 0.5) is 0 Å². The second-order valence-corrected chi connectivity index (χ2v) is 7.96. The van der Waals surface area contributed by atoms with Crippen LogP contribution in [0.2, 0.25) is 6.04 Å². The summed E-state index contributed by atoms with van der Waals surface area (Å²) in [5.74, 6) is 0. The van der Waals surface area contributed by atoms with E-state index in [0.717, 1.165) is 24.6 Å². The minimum absolute atomic E-state index is 0.454. The summed E-state index contributed by atoms with van der Waals surface area (Å²) in [6, 6.07) is 0.731. The minimum atomic E-state index is -2.50. The van der Waals surface area contributed by atoms with Crippen LogP contribution in [0, 0.1) is 0 Å². The van der Waals surface area contributed by atoms with E-state index < -0.39 is 14.5 Å². The lowest BCUT2D eigenvalue weighted by molar-refractivity contribution is -0.0309. The maximum Gasteiger partial charge on any atom is 0.500 e. The summed E-state index contributed by atoms with van der Waals surface area (Å²) in [6.07, 6.45) is 7.69. The lowest BCUT2D eigenvalue weighted by atomic mass is 10.0. The molecule has 6 nitrogen and oxygen atoms in total. The molecule has 2 N–H and O–H groups in total. The molecule has 122 valence electrons. The Hall–Kier alpha value is -0.703. The monoisotopic (exact) mass is 316 g/mol. The van der Waals surface area contributed by atoms with E-state index in [1.54, 1.807) is 21.3 Å². The lowest BCUT2D eigenvalue weighted by Crippen LogP contribution is -2.47. The van der Waals surface area contributed by atoms with E-state index in [1.807, 2.05) is 26.2 Å². The molecule has 0 fully saturated rings. The van der Waals surface area contributed by atoms with Crippen molar-refractivity contribution in [2.24, 2.45) is 0 Å². The summed E-state index contributed by atoms with van der Waals surface area (Å²) < 4.78 is 22.3. The smallest absolute Gasteiger partial charge is 0.391 e. The summed E-state index contributed by atoms with van der Waals surface area (Å²) in [5.41, 5.74) is 0.686. The molecule has 1 aliphatic carbocycles. The topological polar surface area (TPSA) is 61.0 Å². The minimum Gasteiger partial charge on any atom is -0.391 e. The van der Waals surface area contributed by atoms with E-state index in [-0.39, 0.29) is 0 Å². The Labute approximate surface area is 128 Å². The van der Waals surface area contributed by atoms with Crippen LogP contribution in [0.15, 0.2) is 23.9 Å². The molecular formula is C14H28N2O4Si. The highest BCUT2D eigenvalue weighted by Crippen LogP contribution is 2.24. The number of ether oxygens (including phenoxy) is 1. The first-order chi connectivity index (χ1) is 10.1. The molecule has 0 bridgehead atoms. The van der Waals surface area contributed by atoms with E-state index >= 15 is 0 Å². The van der Waals surface area contributed by atoms with Gasteiger partial charge in [-0.3, -0.25) is 5.32 Å². The van der Waals surface area contributed by atoms with Crippen LogP contribution in [-0.4, -0.2) is 56.6 Å². The zero-order valence-corrected chi connectivity index (χ0v) is 14.7. The van der Waals surface area contributed by atoms with Crippen LogP contribution in [-0.2, 0) is 18.0 Å². The lowest BCUT2D eigenvalue weighted by Gasteiger charge is -2.34. The molecule has 0 saturated heterocycles. The summed E-state index contributed by atoms with van der Waals surface area (Å²) in [4.78, 5) is 0. The quantitative estimate of drug-likeness (QED) is 0.359. The second kappa shape index (κ2) is 8.67. The molecule has 0 aromatic heterocycles. The van der Waals surface area contributed by atoms with Gasteiger partial charge in [-0.15, -0.1) is 0 Å². The zero-order valence-electron chi connectivity index (χ0n) is 13.7. The van der Waals surface area contributed by atoms with Gasteiger partial charge < -0.3 is 23.3 Å². The molecule has 0 saturated carbocycles. The van der Waals surface area contributed by atoms with E-state index in [1.165, 1.54) is 0 Å². The Morgan fingerprint density at radius 3 is 2.38 bits per heavy atom. The predicted octanol–water partition coefficient (Wildman–Crippen LogP) is 1.25. The molecule has 7 heteroatoms. The van der Waals surface area contributed by atoms with Crippen LogP contribution in [0.3, 0.4) is 0 Å². The second-order valence-electron chi connectivity index (χ2n) is 4.86. The third-order valence-electron chi connectivity index (χ3n) is 3.78. The molecule has 0 aliphatic heterocycles. The van der Waals surface area contributed by atoms with Crippen molar-refractivity contribution < 1.29 is 18.0 Å². The summed E-state index contributed by atoms with van der Waals surface area (Å²) in [6.45, 7) is 0.604. The summed E-state index contributed by atoms with van der Waals surface area (Å²) >= 11 is 0. The van der Waals surface area contributed by atoms with Crippen molar-refractivity contribution >= 4 is 8.80 Å². The summed E-state index contributed by atoms with van der Waals surface area (Å²) in [5, 5.41) is 6.42. The van der Waals surface area contributed by atoms with Crippen molar-refractivity contribution in [3.05, 3.63) is 23.9 Å². The van der Waals surface area contributed by atoms with E-state index in [0.29, 0.717) is 6.61 Å². The van der Waals surface area contributed by atoms with Crippen molar-refractivity contribution in [1.82, 2.24) is 10.6 Å². The highest BCUT2D eigenvalue weighted by molar-refractivity contribution is 6.60. The summed E-state index contributed by atoms with van der Waals surface area (Å²) in [7, 11) is 6.20. The number of allylic oxidation sites excluding steroid dienone is 2. The average molecular weight is 316 g/mol. The fourth-order valence-corrected chi connectivity index (χ4v) is 4.02. The fourth-order valence-electron chi connectivity index (χ4n) is 2.33. The van der Waals surface area contributed by atoms with Crippen LogP contribution < -0.4 is 10.6 Å².